The first-order valence-corrected chi connectivity index (χ1v) is 8.64. The molecular formula is C14H21NO3S. The molecule has 0 heterocycles. The summed E-state index contributed by atoms with van der Waals surface area (Å²) in [6, 6.07) is 7.68. The van der Waals surface area contributed by atoms with Crippen LogP contribution in [0.5, 0.6) is 5.75 Å². The summed E-state index contributed by atoms with van der Waals surface area (Å²) in [4.78, 5) is 0. The fourth-order valence-corrected chi connectivity index (χ4v) is 4.06. The summed E-state index contributed by atoms with van der Waals surface area (Å²) in [6.07, 6.45) is 3.94. The third-order valence-electron chi connectivity index (χ3n) is 3.50. The minimum absolute atomic E-state index is 0.00637. The molecule has 2 atom stereocenters. The molecule has 1 aromatic carbocycles. The van der Waals surface area contributed by atoms with Gasteiger partial charge in [0.2, 0.25) is 0 Å². The molecule has 2 rings (SSSR count). The quantitative estimate of drug-likeness (QED) is 0.902. The van der Waals surface area contributed by atoms with Gasteiger partial charge in [-0.05, 0) is 38.3 Å². The Morgan fingerprint density at radius 3 is 2.84 bits per heavy atom. The Labute approximate surface area is 115 Å². The average Bonchev–Trinajstić information content (AvgIpc) is 2.78. The molecule has 2 unspecified atom stereocenters. The first-order chi connectivity index (χ1) is 9.00. The van der Waals surface area contributed by atoms with Crippen molar-refractivity contribution in [3.8, 4) is 5.75 Å². The van der Waals surface area contributed by atoms with E-state index >= 15 is 0 Å². The monoisotopic (exact) mass is 283 g/mol. The van der Waals surface area contributed by atoms with Crippen LogP contribution in [0.2, 0.25) is 0 Å². The van der Waals surface area contributed by atoms with Crippen LogP contribution in [0.25, 0.3) is 0 Å². The van der Waals surface area contributed by atoms with E-state index in [-0.39, 0.29) is 11.3 Å². The van der Waals surface area contributed by atoms with Gasteiger partial charge in [-0.15, -0.1) is 0 Å². The number of sulfone groups is 1. The van der Waals surface area contributed by atoms with Crippen LogP contribution >= 0.6 is 0 Å². The highest BCUT2D eigenvalue weighted by atomic mass is 32.2. The van der Waals surface area contributed by atoms with Gasteiger partial charge in [0.1, 0.15) is 5.75 Å². The van der Waals surface area contributed by atoms with Gasteiger partial charge in [-0.1, -0.05) is 6.07 Å². The lowest BCUT2D eigenvalue weighted by atomic mass is 10.2. The Balaban J connectivity index is 2.10. The number of anilines is 1. The molecule has 5 heteroatoms. The molecule has 1 fully saturated rings. The molecular weight excluding hydrogens is 262 g/mol. The molecule has 0 aliphatic heterocycles. The average molecular weight is 283 g/mol. The molecule has 4 nitrogen and oxygen atoms in total. The van der Waals surface area contributed by atoms with Gasteiger partial charge < -0.3 is 10.1 Å². The van der Waals surface area contributed by atoms with E-state index in [2.05, 4.69) is 5.32 Å². The summed E-state index contributed by atoms with van der Waals surface area (Å²) in [5.74, 6) is 0.807. The van der Waals surface area contributed by atoms with Gasteiger partial charge >= 0.3 is 0 Å². The molecule has 0 amide bonds. The summed E-state index contributed by atoms with van der Waals surface area (Å²) < 4.78 is 28.9. The Bertz CT molecular complexity index is 527. The van der Waals surface area contributed by atoms with E-state index in [1.54, 1.807) is 0 Å². The molecule has 1 saturated carbocycles. The smallest absolute Gasteiger partial charge is 0.152 e. The summed E-state index contributed by atoms with van der Waals surface area (Å²) in [5.41, 5.74) is 0.923. The van der Waals surface area contributed by atoms with Crippen LogP contribution in [-0.4, -0.2) is 32.6 Å². The molecule has 1 aliphatic carbocycles. The summed E-state index contributed by atoms with van der Waals surface area (Å²) in [6.45, 7) is 2.57. The van der Waals surface area contributed by atoms with Crippen LogP contribution in [0.3, 0.4) is 0 Å². The number of rotatable bonds is 5. The molecule has 106 valence electrons. The molecule has 1 N–H and O–H groups in total. The van der Waals surface area contributed by atoms with Gasteiger partial charge in [0.15, 0.2) is 9.84 Å². The van der Waals surface area contributed by atoms with Crippen molar-refractivity contribution in [1.82, 2.24) is 0 Å². The normalized spacial score (nSPS) is 23.3. The first-order valence-electron chi connectivity index (χ1n) is 6.69. The second-order valence-electron chi connectivity index (χ2n) is 5.01. The second-order valence-corrected chi connectivity index (χ2v) is 7.28. The summed E-state index contributed by atoms with van der Waals surface area (Å²) in [7, 11) is -2.99. The van der Waals surface area contributed by atoms with Gasteiger partial charge in [0.25, 0.3) is 0 Å². The van der Waals surface area contributed by atoms with E-state index in [4.69, 9.17) is 4.74 Å². The predicted molar refractivity (Wildman–Crippen MR) is 77.5 cm³/mol. The number of hydrogen-bond acceptors (Lipinski definition) is 4. The summed E-state index contributed by atoms with van der Waals surface area (Å²) >= 11 is 0. The maximum absolute atomic E-state index is 11.7. The topological polar surface area (TPSA) is 55.4 Å². The first kappa shape index (κ1) is 14.2. The number of ether oxygens (including phenoxy) is 1. The molecule has 0 saturated heterocycles. The molecule has 0 radical (unpaired) electrons. The highest BCUT2D eigenvalue weighted by molar-refractivity contribution is 7.91. The van der Waals surface area contributed by atoms with E-state index in [1.807, 2.05) is 31.2 Å². The van der Waals surface area contributed by atoms with Crippen LogP contribution in [0.15, 0.2) is 24.3 Å². The van der Waals surface area contributed by atoms with Crippen molar-refractivity contribution in [2.75, 3.05) is 18.2 Å². The highest BCUT2D eigenvalue weighted by Crippen LogP contribution is 2.29. The fourth-order valence-electron chi connectivity index (χ4n) is 2.66. The van der Waals surface area contributed by atoms with Gasteiger partial charge in [-0.2, -0.15) is 0 Å². The zero-order valence-electron chi connectivity index (χ0n) is 11.4. The fraction of sp³-hybridized carbons (Fsp3) is 0.571. The molecule has 0 bridgehead atoms. The number of benzene rings is 1. The van der Waals surface area contributed by atoms with Gasteiger partial charge in [-0.25, -0.2) is 8.42 Å². The van der Waals surface area contributed by atoms with Crippen LogP contribution < -0.4 is 10.1 Å². The van der Waals surface area contributed by atoms with Crippen molar-refractivity contribution in [3.05, 3.63) is 24.3 Å². The lowest BCUT2D eigenvalue weighted by Crippen LogP contribution is -2.34. The van der Waals surface area contributed by atoms with Crippen molar-refractivity contribution in [2.24, 2.45) is 0 Å². The lowest BCUT2D eigenvalue weighted by Gasteiger charge is -2.21. The Hall–Kier alpha value is -1.23. The van der Waals surface area contributed by atoms with E-state index in [1.165, 1.54) is 6.26 Å². The largest absolute Gasteiger partial charge is 0.494 e. The second kappa shape index (κ2) is 5.82. The Morgan fingerprint density at radius 1 is 1.37 bits per heavy atom. The van der Waals surface area contributed by atoms with Crippen molar-refractivity contribution in [3.63, 3.8) is 0 Å². The third kappa shape index (κ3) is 3.62. The van der Waals surface area contributed by atoms with E-state index in [0.717, 1.165) is 30.7 Å². The zero-order valence-corrected chi connectivity index (χ0v) is 12.2. The van der Waals surface area contributed by atoms with Crippen molar-refractivity contribution < 1.29 is 13.2 Å². The van der Waals surface area contributed by atoms with Gasteiger partial charge in [-0.3, -0.25) is 0 Å². The maximum Gasteiger partial charge on any atom is 0.152 e. The zero-order chi connectivity index (χ0) is 13.9. The molecule has 19 heavy (non-hydrogen) atoms. The summed E-state index contributed by atoms with van der Waals surface area (Å²) in [5, 5.41) is 3.06. The molecule has 1 aliphatic rings. The number of hydrogen-bond donors (Lipinski definition) is 1. The minimum atomic E-state index is -2.99. The van der Waals surface area contributed by atoms with Crippen molar-refractivity contribution in [1.29, 1.82) is 0 Å². The minimum Gasteiger partial charge on any atom is -0.494 e. The third-order valence-corrected chi connectivity index (χ3v) is 5.16. The maximum atomic E-state index is 11.7. The van der Waals surface area contributed by atoms with Gasteiger partial charge in [0, 0.05) is 24.1 Å². The Kier molecular flexibility index (Phi) is 4.34. The molecule has 1 aromatic rings. The highest BCUT2D eigenvalue weighted by Gasteiger charge is 2.34. The predicted octanol–water partition coefficient (Wildman–Crippen LogP) is 2.46. The van der Waals surface area contributed by atoms with E-state index < -0.39 is 9.84 Å². The van der Waals surface area contributed by atoms with Crippen molar-refractivity contribution >= 4 is 15.5 Å². The van der Waals surface area contributed by atoms with Crippen molar-refractivity contribution in [2.45, 2.75) is 37.5 Å². The molecule has 0 aromatic heterocycles. The van der Waals surface area contributed by atoms with E-state index in [0.29, 0.717) is 6.61 Å². The van der Waals surface area contributed by atoms with Crippen LogP contribution in [0.1, 0.15) is 26.2 Å². The Morgan fingerprint density at radius 2 is 2.16 bits per heavy atom. The lowest BCUT2D eigenvalue weighted by molar-refractivity contribution is 0.340. The van der Waals surface area contributed by atoms with E-state index in [9.17, 15) is 8.42 Å². The number of nitrogens with one attached hydrogen (secondary N) is 1. The SMILES string of the molecule is CCOc1cccc(NC2CCCC2S(C)(=O)=O)c1. The standard InChI is InChI=1S/C14H21NO3S/c1-3-18-12-7-4-6-11(10-12)15-13-8-5-9-14(13)19(2,16)17/h4,6-7,10,13-15H,3,5,8-9H2,1-2H3. The van der Waals surface area contributed by atoms with Crippen LogP contribution in [0.4, 0.5) is 5.69 Å². The van der Waals surface area contributed by atoms with Crippen LogP contribution in [-0.2, 0) is 9.84 Å². The van der Waals surface area contributed by atoms with Gasteiger partial charge in [0.05, 0.1) is 11.9 Å². The van der Waals surface area contributed by atoms with Crippen LogP contribution in [0, 0.1) is 0 Å². The molecule has 0 spiro atoms.